The van der Waals surface area contributed by atoms with Crippen LogP contribution in [0.2, 0.25) is 0 Å². The zero-order chi connectivity index (χ0) is 18.8. The second-order valence-electron chi connectivity index (χ2n) is 7.29. The minimum atomic E-state index is -0.281. The van der Waals surface area contributed by atoms with Gasteiger partial charge >= 0.3 is 0 Å². The van der Waals surface area contributed by atoms with Crippen LogP contribution < -0.4 is 10.9 Å². The number of thioether (sulfide) groups is 1. The molecule has 1 aliphatic rings. The van der Waals surface area contributed by atoms with E-state index in [1.54, 1.807) is 15.9 Å². The van der Waals surface area contributed by atoms with Gasteiger partial charge in [0.15, 0.2) is 5.16 Å². The normalized spacial score (nSPS) is 14.8. The highest BCUT2D eigenvalue weighted by molar-refractivity contribution is 8.00. The summed E-state index contributed by atoms with van der Waals surface area (Å²) >= 11 is 3.04. The van der Waals surface area contributed by atoms with Crippen LogP contribution in [-0.4, -0.2) is 27.3 Å². The molecule has 0 bridgehead atoms. The molecule has 2 heterocycles. The van der Waals surface area contributed by atoms with Crippen molar-refractivity contribution in [3.05, 3.63) is 20.8 Å². The molecule has 2 aromatic heterocycles. The average molecular weight is 394 g/mol. The van der Waals surface area contributed by atoms with E-state index in [2.05, 4.69) is 19.2 Å². The van der Waals surface area contributed by atoms with E-state index in [0.717, 1.165) is 35.9 Å². The minimum Gasteiger partial charge on any atom is -0.355 e. The molecule has 0 saturated heterocycles. The van der Waals surface area contributed by atoms with Gasteiger partial charge in [0.2, 0.25) is 5.91 Å². The van der Waals surface area contributed by atoms with Crippen molar-refractivity contribution in [3.63, 3.8) is 0 Å². The largest absolute Gasteiger partial charge is 0.355 e. The van der Waals surface area contributed by atoms with Crippen molar-refractivity contribution >= 4 is 39.2 Å². The Balaban J connectivity index is 2.00. The molecule has 1 aliphatic carbocycles. The van der Waals surface area contributed by atoms with Gasteiger partial charge in [0.25, 0.3) is 5.56 Å². The van der Waals surface area contributed by atoms with Crippen LogP contribution >= 0.6 is 23.1 Å². The maximum absolute atomic E-state index is 13.2. The third-order valence-electron chi connectivity index (χ3n) is 4.54. The van der Waals surface area contributed by atoms with E-state index in [4.69, 9.17) is 4.98 Å². The predicted octanol–water partition coefficient (Wildman–Crippen LogP) is 3.61. The van der Waals surface area contributed by atoms with Crippen LogP contribution in [0.15, 0.2) is 9.95 Å². The monoisotopic (exact) mass is 393 g/mol. The molecular formula is C19H27N3O2S2. The Kier molecular flexibility index (Phi) is 6.07. The summed E-state index contributed by atoms with van der Waals surface area (Å²) in [6.07, 6.45) is 4.08. The maximum atomic E-state index is 13.2. The van der Waals surface area contributed by atoms with Gasteiger partial charge < -0.3 is 5.32 Å². The molecule has 1 amide bonds. The highest BCUT2D eigenvalue weighted by atomic mass is 32.2. The lowest BCUT2D eigenvalue weighted by atomic mass is 10.2. The summed E-state index contributed by atoms with van der Waals surface area (Å²) in [6, 6.07) is 0. The number of hydrogen-bond acceptors (Lipinski definition) is 5. The van der Waals surface area contributed by atoms with E-state index < -0.39 is 0 Å². The molecule has 0 spiro atoms. The first kappa shape index (κ1) is 19.4. The van der Waals surface area contributed by atoms with Crippen LogP contribution in [0.1, 0.15) is 51.0 Å². The molecule has 0 radical (unpaired) electrons. The second-order valence-corrected chi connectivity index (χ2v) is 9.68. The van der Waals surface area contributed by atoms with E-state index in [1.165, 1.54) is 22.2 Å². The molecule has 1 atom stereocenters. The van der Waals surface area contributed by atoms with Gasteiger partial charge in [-0.1, -0.05) is 32.5 Å². The lowest BCUT2D eigenvalue weighted by Gasteiger charge is -2.17. The lowest BCUT2D eigenvalue weighted by Crippen LogP contribution is -2.32. The first-order valence-corrected chi connectivity index (χ1v) is 11.1. The van der Waals surface area contributed by atoms with Crippen LogP contribution in [-0.2, 0) is 24.2 Å². The van der Waals surface area contributed by atoms with Crippen molar-refractivity contribution in [1.82, 2.24) is 14.9 Å². The summed E-state index contributed by atoms with van der Waals surface area (Å²) in [5.74, 6) is 0.332. The molecule has 3 rings (SSSR count). The van der Waals surface area contributed by atoms with Crippen molar-refractivity contribution in [1.29, 1.82) is 0 Å². The van der Waals surface area contributed by atoms with Crippen molar-refractivity contribution in [2.45, 2.75) is 70.3 Å². The summed E-state index contributed by atoms with van der Waals surface area (Å²) < 4.78 is 1.78. The molecule has 7 heteroatoms. The predicted molar refractivity (Wildman–Crippen MR) is 109 cm³/mol. The first-order chi connectivity index (χ1) is 12.4. The van der Waals surface area contributed by atoms with E-state index in [1.807, 2.05) is 13.8 Å². The molecule has 0 fully saturated rings. The van der Waals surface area contributed by atoms with Crippen LogP contribution in [0.25, 0.3) is 10.2 Å². The number of nitrogens with zero attached hydrogens (tertiary/aromatic N) is 2. The smallest absolute Gasteiger partial charge is 0.263 e. The molecule has 0 unspecified atom stereocenters. The number of hydrogen-bond donors (Lipinski definition) is 1. The van der Waals surface area contributed by atoms with Gasteiger partial charge in [-0.05, 0) is 44.1 Å². The molecule has 0 aliphatic heterocycles. The van der Waals surface area contributed by atoms with Crippen molar-refractivity contribution in [3.8, 4) is 0 Å². The van der Waals surface area contributed by atoms with E-state index in [9.17, 15) is 9.59 Å². The molecule has 2 aromatic rings. The number of amides is 1. The van der Waals surface area contributed by atoms with Crippen LogP contribution in [0, 0.1) is 5.92 Å². The number of rotatable bonds is 7. The number of aryl methyl sites for hydroxylation is 2. The highest BCUT2D eigenvalue weighted by Crippen LogP contribution is 2.36. The fourth-order valence-electron chi connectivity index (χ4n) is 3.28. The number of thiophene rings is 1. The third kappa shape index (κ3) is 3.83. The molecule has 26 heavy (non-hydrogen) atoms. The van der Waals surface area contributed by atoms with Gasteiger partial charge in [0.05, 0.1) is 10.6 Å². The Bertz CT molecular complexity index is 870. The second kappa shape index (κ2) is 8.13. The van der Waals surface area contributed by atoms with Gasteiger partial charge in [0, 0.05) is 18.0 Å². The van der Waals surface area contributed by atoms with Crippen molar-refractivity contribution in [2.24, 2.45) is 5.92 Å². The molecule has 142 valence electrons. The number of nitrogens with one attached hydrogen (secondary N) is 1. The topological polar surface area (TPSA) is 64.0 Å². The zero-order valence-electron chi connectivity index (χ0n) is 15.9. The Morgan fingerprint density at radius 2 is 2.12 bits per heavy atom. The zero-order valence-corrected chi connectivity index (χ0v) is 17.6. The molecular weight excluding hydrogens is 366 g/mol. The summed E-state index contributed by atoms with van der Waals surface area (Å²) in [6.45, 7) is 9.40. The maximum Gasteiger partial charge on any atom is 0.263 e. The summed E-state index contributed by atoms with van der Waals surface area (Å²) in [4.78, 5) is 32.5. The SMILES string of the molecule is CCCNC(=O)[C@@H](C)Sc1nc2sc3c(c2c(=O)n1CC(C)C)CCC3. The summed E-state index contributed by atoms with van der Waals surface area (Å²) in [7, 11) is 0. The van der Waals surface area contributed by atoms with Gasteiger partial charge in [-0.3, -0.25) is 14.2 Å². The van der Waals surface area contributed by atoms with Crippen LogP contribution in [0.4, 0.5) is 0 Å². The fraction of sp³-hybridized carbons (Fsp3) is 0.632. The van der Waals surface area contributed by atoms with Crippen LogP contribution in [0.3, 0.4) is 0 Å². The molecule has 1 N–H and O–H groups in total. The number of fused-ring (bicyclic) bond motifs is 3. The standard InChI is InChI=1S/C19H27N3O2S2/c1-5-9-20-16(23)12(4)25-19-21-17-15(13-7-6-8-14(13)26-17)18(24)22(19)10-11(2)3/h11-12H,5-10H2,1-4H3,(H,20,23)/t12-/m1/s1. The lowest BCUT2D eigenvalue weighted by molar-refractivity contribution is -0.120. The molecule has 0 aromatic carbocycles. The van der Waals surface area contributed by atoms with Crippen LogP contribution in [0.5, 0.6) is 0 Å². The van der Waals surface area contributed by atoms with Gasteiger partial charge in [-0.2, -0.15) is 0 Å². The van der Waals surface area contributed by atoms with E-state index >= 15 is 0 Å². The van der Waals surface area contributed by atoms with E-state index in [-0.39, 0.29) is 16.7 Å². The fourth-order valence-corrected chi connectivity index (χ4v) is 5.52. The Morgan fingerprint density at radius 1 is 1.35 bits per heavy atom. The molecule has 5 nitrogen and oxygen atoms in total. The Labute approximate surface area is 162 Å². The first-order valence-electron chi connectivity index (χ1n) is 9.41. The number of aromatic nitrogens is 2. The third-order valence-corrected chi connectivity index (χ3v) is 6.81. The summed E-state index contributed by atoms with van der Waals surface area (Å²) in [5, 5.41) is 4.12. The van der Waals surface area contributed by atoms with Crippen molar-refractivity contribution in [2.75, 3.05) is 6.54 Å². The van der Waals surface area contributed by atoms with Gasteiger partial charge in [-0.25, -0.2) is 4.98 Å². The Morgan fingerprint density at radius 3 is 2.81 bits per heavy atom. The summed E-state index contributed by atoms with van der Waals surface area (Å²) in [5.41, 5.74) is 1.28. The van der Waals surface area contributed by atoms with Crippen molar-refractivity contribution < 1.29 is 4.79 Å². The quantitative estimate of drug-likeness (QED) is 0.576. The van der Waals surface area contributed by atoms with Gasteiger partial charge in [0.1, 0.15) is 4.83 Å². The average Bonchev–Trinajstić information content (AvgIpc) is 3.16. The van der Waals surface area contributed by atoms with Gasteiger partial charge in [-0.15, -0.1) is 11.3 Å². The molecule has 0 saturated carbocycles. The minimum absolute atomic E-state index is 0.00373. The van der Waals surface area contributed by atoms with E-state index in [0.29, 0.717) is 24.2 Å². The number of carbonyl (C=O) groups excluding carboxylic acids is 1. The highest BCUT2D eigenvalue weighted by Gasteiger charge is 2.25. The number of carbonyl (C=O) groups is 1. The Hall–Kier alpha value is -1.34.